The van der Waals surface area contributed by atoms with Gasteiger partial charge in [0.15, 0.2) is 0 Å². The average Bonchev–Trinajstić information content (AvgIpc) is 1.96. The predicted octanol–water partition coefficient (Wildman–Crippen LogP) is 0.840. The van der Waals surface area contributed by atoms with Gasteiger partial charge in [0.25, 0.3) is 0 Å². The van der Waals surface area contributed by atoms with E-state index in [1.165, 1.54) is 0 Å². The zero-order chi connectivity index (χ0) is 7.61. The van der Waals surface area contributed by atoms with Gasteiger partial charge in [-0.3, -0.25) is 0 Å². The van der Waals surface area contributed by atoms with Crippen molar-refractivity contribution in [1.82, 2.24) is 0 Å². The molecule has 0 aliphatic heterocycles. The summed E-state index contributed by atoms with van der Waals surface area (Å²) in [5, 5.41) is 18.4. The van der Waals surface area contributed by atoms with Crippen LogP contribution in [0.2, 0.25) is 0 Å². The maximum Gasteiger partial charge on any atom is 0.108 e. The van der Waals surface area contributed by atoms with Crippen molar-refractivity contribution in [3.05, 3.63) is 12.2 Å². The molecule has 0 saturated heterocycles. The lowest BCUT2D eigenvalue weighted by molar-refractivity contribution is -0.00195. The fraction of sp³-hybridized carbons (Fsp3) is 0.750. The molecule has 0 bridgehead atoms. The van der Waals surface area contributed by atoms with E-state index in [1.807, 2.05) is 0 Å². The molecule has 0 aromatic carbocycles. The third kappa shape index (κ3) is 1.22. The van der Waals surface area contributed by atoms with Gasteiger partial charge in [-0.2, -0.15) is 0 Å². The normalized spacial score (nSPS) is 34.4. The van der Waals surface area contributed by atoms with Gasteiger partial charge in [-0.05, 0) is 31.3 Å². The fourth-order valence-corrected chi connectivity index (χ4v) is 1.36. The Bertz CT molecular complexity index is 142. The van der Waals surface area contributed by atoms with Crippen LogP contribution < -0.4 is 0 Å². The molecule has 0 aromatic heterocycles. The highest BCUT2D eigenvalue weighted by molar-refractivity contribution is 5.14. The van der Waals surface area contributed by atoms with E-state index in [9.17, 15) is 5.11 Å². The summed E-state index contributed by atoms with van der Waals surface area (Å²) in [4.78, 5) is 0. The largest absolute Gasteiger partial charge is 0.393 e. The minimum absolute atomic E-state index is 0.175. The molecule has 1 aliphatic rings. The summed E-state index contributed by atoms with van der Waals surface area (Å²) < 4.78 is 0. The number of hydrogen-bond donors (Lipinski definition) is 2. The van der Waals surface area contributed by atoms with E-state index in [-0.39, 0.29) is 6.61 Å². The number of rotatable bonds is 1. The Morgan fingerprint density at radius 3 is 2.60 bits per heavy atom. The van der Waals surface area contributed by atoms with Gasteiger partial charge in [0, 0.05) is 0 Å². The summed E-state index contributed by atoms with van der Waals surface area (Å²) in [7, 11) is 0. The van der Waals surface area contributed by atoms with E-state index >= 15 is 0 Å². The third-order valence-electron chi connectivity index (χ3n) is 2.24. The molecule has 2 N–H and O–H groups in total. The summed E-state index contributed by atoms with van der Waals surface area (Å²) >= 11 is 0. The van der Waals surface area contributed by atoms with Crippen LogP contribution in [0.15, 0.2) is 12.2 Å². The second-order valence-corrected chi connectivity index (χ2v) is 3.00. The van der Waals surface area contributed by atoms with Crippen molar-refractivity contribution in [2.75, 3.05) is 6.61 Å². The second-order valence-electron chi connectivity index (χ2n) is 3.00. The lowest BCUT2D eigenvalue weighted by atomic mass is 9.82. The first-order valence-corrected chi connectivity index (χ1v) is 3.70. The average molecular weight is 142 g/mol. The van der Waals surface area contributed by atoms with Crippen LogP contribution in [0.5, 0.6) is 0 Å². The minimum Gasteiger partial charge on any atom is -0.393 e. The van der Waals surface area contributed by atoms with E-state index in [0.717, 1.165) is 24.8 Å². The zero-order valence-electron chi connectivity index (χ0n) is 6.14. The smallest absolute Gasteiger partial charge is 0.108 e. The number of hydrogen-bond acceptors (Lipinski definition) is 2. The van der Waals surface area contributed by atoms with Crippen molar-refractivity contribution in [1.29, 1.82) is 0 Å². The summed E-state index contributed by atoms with van der Waals surface area (Å²) in [5.74, 6) is 0. The molecular formula is C8H14O2. The van der Waals surface area contributed by atoms with E-state index in [1.54, 1.807) is 0 Å². The molecular weight excluding hydrogens is 128 g/mol. The quantitative estimate of drug-likeness (QED) is 0.533. The van der Waals surface area contributed by atoms with Crippen LogP contribution in [0.4, 0.5) is 0 Å². The Hall–Kier alpha value is -0.340. The molecule has 1 atom stereocenters. The van der Waals surface area contributed by atoms with Gasteiger partial charge < -0.3 is 10.2 Å². The van der Waals surface area contributed by atoms with Crippen LogP contribution in [-0.2, 0) is 0 Å². The molecule has 0 radical (unpaired) electrons. The van der Waals surface area contributed by atoms with Gasteiger partial charge in [0.2, 0.25) is 0 Å². The van der Waals surface area contributed by atoms with Gasteiger partial charge in [-0.25, -0.2) is 0 Å². The van der Waals surface area contributed by atoms with Gasteiger partial charge in [0.05, 0.1) is 6.61 Å². The lowest BCUT2D eigenvalue weighted by Crippen LogP contribution is -2.37. The Balaban J connectivity index is 2.63. The summed E-state index contributed by atoms with van der Waals surface area (Å²) in [6.45, 7) is 3.55. The molecule has 1 saturated carbocycles. The van der Waals surface area contributed by atoms with Crippen LogP contribution in [0.25, 0.3) is 0 Å². The SMILES string of the molecule is C=C1CCCCC1(O)CO. The molecule has 1 rings (SSSR count). The first kappa shape index (κ1) is 7.76. The molecule has 2 heteroatoms. The Labute approximate surface area is 61.2 Å². The molecule has 58 valence electrons. The number of aliphatic hydroxyl groups excluding tert-OH is 1. The van der Waals surface area contributed by atoms with Gasteiger partial charge in [-0.1, -0.05) is 6.58 Å². The molecule has 2 nitrogen and oxygen atoms in total. The monoisotopic (exact) mass is 142 g/mol. The van der Waals surface area contributed by atoms with E-state index in [2.05, 4.69) is 6.58 Å². The Morgan fingerprint density at radius 2 is 2.20 bits per heavy atom. The van der Waals surface area contributed by atoms with E-state index in [4.69, 9.17) is 5.11 Å². The summed E-state index contributed by atoms with van der Waals surface area (Å²) in [6, 6.07) is 0. The van der Waals surface area contributed by atoms with Gasteiger partial charge >= 0.3 is 0 Å². The maximum absolute atomic E-state index is 9.60. The van der Waals surface area contributed by atoms with E-state index in [0.29, 0.717) is 6.42 Å². The van der Waals surface area contributed by atoms with Crippen LogP contribution in [0.1, 0.15) is 25.7 Å². The molecule has 1 fully saturated rings. The van der Waals surface area contributed by atoms with Crippen molar-refractivity contribution in [2.45, 2.75) is 31.3 Å². The lowest BCUT2D eigenvalue weighted by Gasteiger charge is -2.32. The van der Waals surface area contributed by atoms with Gasteiger partial charge in [-0.15, -0.1) is 0 Å². The first-order chi connectivity index (χ1) is 4.69. The molecule has 10 heavy (non-hydrogen) atoms. The second kappa shape index (κ2) is 2.72. The Morgan fingerprint density at radius 1 is 1.50 bits per heavy atom. The highest BCUT2D eigenvalue weighted by Gasteiger charge is 2.31. The van der Waals surface area contributed by atoms with Crippen LogP contribution >= 0.6 is 0 Å². The zero-order valence-corrected chi connectivity index (χ0v) is 6.14. The standard InChI is InChI=1S/C8H14O2/c1-7-4-2-3-5-8(7,10)6-9/h9-10H,1-6H2. The number of aliphatic hydroxyl groups is 2. The van der Waals surface area contributed by atoms with Crippen molar-refractivity contribution >= 4 is 0 Å². The highest BCUT2D eigenvalue weighted by atomic mass is 16.3. The molecule has 0 heterocycles. The fourth-order valence-electron chi connectivity index (χ4n) is 1.36. The van der Waals surface area contributed by atoms with Crippen molar-refractivity contribution < 1.29 is 10.2 Å². The summed E-state index contributed by atoms with van der Waals surface area (Å²) in [6.07, 6.45) is 3.62. The molecule has 0 amide bonds. The maximum atomic E-state index is 9.60. The highest BCUT2D eigenvalue weighted by Crippen LogP contribution is 2.31. The third-order valence-corrected chi connectivity index (χ3v) is 2.24. The minimum atomic E-state index is -0.960. The van der Waals surface area contributed by atoms with Crippen LogP contribution in [0.3, 0.4) is 0 Å². The topological polar surface area (TPSA) is 40.5 Å². The van der Waals surface area contributed by atoms with Gasteiger partial charge in [0.1, 0.15) is 5.60 Å². The van der Waals surface area contributed by atoms with Crippen LogP contribution in [0, 0.1) is 0 Å². The molecule has 0 aromatic rings. The predicted molar refractivity (Wildman–Crippen MR) is 39.6 cm³/mol. The first-order valence-electron chi connectivity index (χ1n) is 3.70. The summed E-state index contributed by atoms with van der Waals surface area (Å²) in [5.41, 5.74) is -0.167. The Kier molecular flexibility index (Phi) is 2.11. The van der Waals surface area contributed by atoms with Crippen molar-refractivity contribution in [3.8, 4) is 0 Å². The molecule has 0 spiro atoms. The molecule has 1 aliphatic carbocycles. The van der Waals surface area contributed by atoms with Crippen molar-refractivity contribution in [2.24, 2.45) is 0 Å². The molecule has 1 unspecified atom stereocenters. The van der Waals surface area contributed by atoms with Crippen LogP contribution in [-0.4, -0.2) is 22.4 Å². The van der Waals surface area contributed by atoms with Crippen molar-refractivity contribution in [3.63, 3.8) is 0 Å². The van der Waals surface area contributed by atoms with E-state index < -0.39 is 5.60 Å².